The first-order valence-corrected chi connectivity index (χ1v) is 20.7. The molecule has 2 aromatic carbocycles. The van der Waals surface area contributed by atoms with Gasteiger partial charge in [-0.25, -0.2) is 0 Å². The van der Waals surface area contributed by atoms with Gasteiger partial charge in [0.15, 0.2) is 0 Å². The second kappa shape index (κ2) is 16.5. The van der Waals surface area contributed by atoms with E-state index in [0.717, 1.165) is 102 Å². The molecule has 2 heterocycles. The van der Waals surface area contributed by atoms with E-state index in [1.807, 2.05) is 0 Å². The Balaban J connectivity index is 1.86. The summed E-state index contributed by atoms with van der Waals surface area (Å²) in [4.78, 5) is 0. The highest BCUT2D eigenvalue weighted by Crippen LogP contribution is 2.49. The van der Waals surface area contributed by atoms with E-state index in [0.29, 0.717) is 12.2 Å². The molecule has 2 unspecified atom stereocenters. The summed E-state index contributed by atoms with van der Waals surface area (Å²) in [5.41, 5.74) is 7.73. The van der Waals surface area contributed by atoms with Gasteiger partial charge in [0.05, 0.1) is 38.6 Å². The van der Waals surface area contributed by atoms with E-state index in [-0.39, 0.29) is 27.1 Å². The van der Waals surface area contributed by atoms with Gasteiger partial charge in [-0.1, -0.05) is 121 Å². The molecule has 0 bridgehead atoms. The SMILES string of the molecule is CCC(C)(C)c1cc(C(C)(C)c2cc(C(C)(C)CC)c(OCCCCC3CO3)c(C(C)(C)CC)c2)cc(C(C)(C)CC)c1OCCCCC1CO1. The lowest BCUT2D eigenvalue weighted by molar-refractivity contribution is 0.281. The quantitative estimate of drug-likeness (QED) is 0.0904. The van der Waals surface area contributed by atoms with Crippen molar-refractivity contribution in [1.29, 1.82) is 0 Å². The molecule has 0 N–H and O–H groups in total. The lowest BCUT2D eigenvalue weighted by Gasteiger charge is -2.38. The van der Waals surface area contributed by atoms with Gasteiger partial charge in [0.25, 0.3) is 0 Å². The minimum absolute atomic E-state index is 0.0318. The highest BCUT2D eigenvalue weighted by atomic mass is 16.6. The molecule has 0 aromatic heterocycles. The summed E-state index contributed by atoms with van der Waals surface area (Å²) in [6.07, 6.45) is 11.8. The van der Waals surface area contributed by atoms with Gasteiger partial charge in [0, 0.05) is 27.7 Å². The maximum absolute atomic E-state index is 6.90. The Labute approximate surface area is 314 Å². The molecular formula is C47H76O4. The molecule has 2 atom stereocenters. The van der Waals surface area contributed by atoms with Crippen LogP contribution >= 0.6 is 0 Å². The molecule has 4 nitrogen and oxygen atoms in total. The standard InChI is InChI=1S/C47H76O4/c1-15-43(5,6)37-27-33(28-38(44(7,8)16-2)41(37)48-25-21-19-23-35-31-50-35)47(13,14)34-29-39(45(9,10)17-3)42(40(30-34)46(11,12)18-4)49-26-22-20-24-36-32-51-36/h27-30,35-36H,15-26,31-32H2,1-14H3. The van der Waals surface area contributed by atoms with Crippen molar-refractivity contribution in [3.05, 3.63) is 57.6 Å². The van der Waals surface area contributed by atoms with Crippen molar-refractivity contribution in [2.45, 2.75) is 200 Å². The molecule has 51 heavy (non-hydrogen) atoms. The number of unbranched alkanes of at least 4 members (excludes halogenated alkanes) is 2. The van der Waals surface area contributed by atoms with E-state index in [1.54, 1.807) is 0 Å². The van der Waals surface area contributed by atoms with E-state index in [9.17, 15) is 0 Å². The fraction of sp³-hybridized carbons (Fsp3) is 0.745. The summed E-state index contributed by atoms with van der Waals surface area (Å²) in [6.45, 7) is 36.7. The van der Waals surface area contributed by atoms with Crippen LogP contribution in [0.25, 0.3) is 0 Å². The number of ether oxygens (including phenoxy) is 4. The van der Waals surface area contributed by atoms with Gasteiger partial charge in [0.1, 0.15) is 11.5 Å². The summed E-state index contributed by atoms with van der Waals surface area (Å²) in [5.74, 6) is 2.24. The molecule has 2 aliphatic rings. The second-order valence-electron chi connectivity index (χ2n) is 19.0. The van der Waals surface area contributed by atoms with Crippen molar-refractivity contribution in [3.63, 3.8) is 0 Å². The van der Waals surface area contributed by atoms with Crippen molar-refractivity contribution in [2.75, 3.05) is 26.4 Å². The zero-order chi connectivity index (χ0) is 37.8. The normalized spacial score (nSPS) is 18.2. The van der Waals surface area contributed by atoms with Crippen LogP contribution in [-0.2, 0) is 36.5 Å². The highest BCUT2D eigenvalue weighted by Gasteiger charge is 2.37. The lowest BCUT2D eigenvalue weighted by atomic mass is 9.68. The third-order valence-electron chi connectivity index (χ3n) is 13.2. The van der Waals surface area contributed by atoms with Gasteiger partial charge in [-0.3, -0.25) is 0 Å². The number of hydrogen-bond donors (Lipinski definition) is 0. The van der Waals surface area contributed by atoms with Gasteiger partial charge in [-0.15, -0.1) is 0 Å². The predicted octanol–water partition coefficient (Wildman–Crippen LogP) is 12.7. The van der Waals surface area contributed by atoms with Crippen LogP contribution in [0, 0.1) is 0 Å². The summed E-state index contributed by atoms with van der Waals surface area (Å²) < 4.78 is 24.7. The first kappa shape index (κ1) is 41.7. The smallest absolute Gasteiger partial charge is 0.126 e. The Kier molecular flexibility index (Phi) is 13.5. The third-order valence-corrected chi connectivity index (χ3v) is 13.2. The zero-order valence-electron chi connectivity index (χ0n) is 35.5. The fourth-order valence-electron chi connectivity index (χ4n) is 7.00. The van der Waals surface area contributed by atoms with Gasteiger partial charge in [-0.05, 0) is 97.0 Å². The van der Waals surface area contributed by atoms with E-state index in [4.69, 9.17) is 18.9 Å². The van der Waals surface area contributed by atoms with E-state index in [1.165, 1.54) is 33.4 Å². The van der Waals surface area contributed by atoms with Crippen LogP contribution in [0.5, 0.6) is 11.5 Å². The Bertz CT molecular complexity index is 1250. The van der Waals surface area contributed by atoms with Gasteiger partial charge in [-0.2, -0.15) is 0 Å². The van der Waals surface area contributed by atoms with Crippen LogP contribution < -0.4 is 9.47 Å². The van der Waals surface area contributed by atoms with Crippen molar-refractivity contribution in [1.82, 2.24) is 0 Å². The predicted molar refractivity (Wildman–Crippen MR) is 216 cm³/mol. The van der Waals surface area contributed by atoms with Crippen molar-refractivity contribution in [3.8, 4) is 11.5 Å². The van der Waals surface area contributed by atoms with Crippen molar-refractivity contribution >= 4 is 0 Å². The first-order valence-electron chi connectivity index (χ1n) is 20.7. The van der Waals surface area contributed by atoms with Crippen molar-refractivity contribution in [2.24, 2.45) is 0 Å². The minimum atomic E-state index is -0.250. The molecule has 0 amide bonds. The van der Waals surface area contributed by atoms with Crippen LogP contribution in [0.1, 0.15) is 195 Å². The van der Waals surface area contributed by atoms with Crippen molar-refractivity contribution < 1.29 is 18.9 Å². The molecular weight excluding hydrogens is 629 g/mol. The monoisotopic (exact) mass is 705 g/mol. The minimum Gasteiger partial charge on any atom is -0.493 e. The zero-order valence-corrected chi connectivity index (χ0v) is 35.5. The summed E-state index contributed by atoms with van der Waals surface area (Å²) >= 11 is 0. The van der Waals surface area contributed by atoms with Gasteiger partial charge >= 0.3 is 0 Å². The number of benzene rings is 2. The van der Waals surface area contributed by atoms with Crippen LogP contribution in [-0.4, -0.2) is 38.6 Å². The van der Waals surface area contributed by atoms with Crippen LogP contribution in [0.2, 0.25) is 0 Å². The molecule has 4 heteroatoms. The summed E-state index contributed by atoms with van der Waals surface area (Å²) in [5, 5.41) is 0. The maximum atomic E-state index is 6.90. The molecule has 2 aromatic rings. The third kappa shape index (κ3) is 10.1. The van der Waals surface area contributed by atoms with E-state index in [2.05, 4.69) is 121 Å². The average Bonchev–Trinajstić information content (AvgIpc) is 4.04. The molecule has 2 aliphatic heterocycles. The Morgan fingerprint density at radius 3 is 1.00 bits per heavy atom. The molecule has 0 spiro atoms. The number of hydrogen-bond acceptors (Lipinski definition) is 4. The van der Waals surface area contributed by atoms with Crippen LogP contribution in [0.15, 0.2) is 24.3 Å². The number of rotatable bonds is 22. The first-order chi connectivity index (χ1) is 23.8. The largest absolute Gasteiger partial charge is 0.493 e. The molecule has 0 radical (unpaired) electrons. The Morgan fingerprint density at radius 2 is 0.765 bits per heavy atom. The average molecular weight is 705 g/mol. The maximum Gasteiger partial charge on any atom is 0.126 e. The second-order valence-corrected chi connectivity index (χ2v) is 19.0. The number of epoxide rings is 2. The molecule has 2 saturated heterocycles. The van der Waals surface area contributed by atoms with E-state index < -0.39 is 0 Å². The molecule has 0 aliphatic carbocycles. The topological polar surface area (TPSA) is 43.5 Å². The van der Waals surface area contributed by atoms with Gasteiger partial charge < -0.3 is 18.9 Å². The molecule has 0 saturated carbocycles. The lowest BCUT2D eigenvalue weighted by Crippen LogP contribution is -2.29. The molecule has 4 rings (SSSR count). The molecule has 2 fully saturated rings. The fourth-order valence-corrected chi connectivity index (χ4v) is 7.00. The van der Waals surface area contributed by atoms with E-state index >= 15 is 0 Å². The van der Waals surface area contributed by atoms with Gasteiger partial charge in [0.2, 0.25) is 0 Å². The Morgan fingerprint density at radius 1 is 0.490 bits per heavy atom. The summed E-state index contributed by atoms with van der Waals surface area (Å²) in [6, 6.07) is 10.0. The van der Waals surface area contributed by atoms with Crippen LogP contribution in [0.3, 0.4) is 0 Å². The molecule has 288 valence electrons. The Hall–Kier alpha value is -2.04. The highest BCUT2D eigenvalue weighted by molar-refractivity contribution is 5.58. The van der Waals surface area contributed by atoms with Crippen LogP contribution in [0.4, 0.5) is 0 Å². The summed E-state index contributed by atoms with van der Waals surface area (Å²) in [7, 11) is 0.